The van der Waals surface area contributed by atoms with Crippen LogP contribution < -0.4 is 5.73 Å². The number of nitrogens with two attached hydrogens (primary N) is 1. The van der Waals surface area contributed by atoms with Crippen LogP contribution in [0.25, 0.3) is 0 Å². The normalized spacial score (nSPS) is 24.5. The molecule has 0 amide bonds. The molecule has 2 heteroatoms. The van der Waals surface area contributed by atoms with E-state index in [9.17, 15) is 0 Å². The van der Waals surface area contributed by atoms with E-state index < -0.39 is 0 Å². The molecule has 1 aliphatic carbocycles. The van der Waals surface area contributed by atoms with Gasteiger partial charge in [-0.2, -0.15) is 0 Å². The van der Waals surface area contributed by atoms with Crippen LogP contribution in [0.15, 0.2) is 48.5 Å². The first kappa shape index (κ1) is 13.8. The van der Waals surface area contributed by atoms with Crippen LogP contribution >= 0.6 is 0 Å². The second kappa shape index (κ2) is 5.77. The van der Waals surface area contributed by atoms with Crippen LogP contribution in [0.1, 0.15) is 29.5 Å². The molecule has 1 saturated heterocycles. The van der Waals surface area contributed by atoms with Gasteiger partial charge in [0, 0.05) is 24.8 Å². The van der Waals surface area contributed by atoms with Crippen LogP contribution in [-0.4, -0.2) is 17.5 Å². The van der Waals surface area contributed by atoms with E-state index >= 15 is 0 Å². The first-order chi connectivity index (χ1) is 10.8. The maximum Gasteiger partial charge on any atom is 0.0359 e. The number of nitrogens with zero attached hydrogens (tertiary/aromatic N) is 1. The highest BCUT2D eigenvalue weighted by Gasteiger charge is 2.31. The van der Waals surface area contributed by atoms with Crippen molar-refractivity contribution in [1.29, 1.82) is 0 Å². The second-order valence-corrected chi connectivity index (χ2v) is 6.90. The van der Waals surface area contributed by atoms with E-state index in [1.54, 1.807) is 11.1 Å². The molecule has 0 spiro atoms. The van der Waals surface area contributed by atoms with E-state index in [0.29, 0.717) is 6.04 Å². The lowest BCUT2D eigenvalue weighted by Gasteiger charge is -2.42. The summed E-state index contributed by atoms with van der Waals surface area (Å²) in [6, 6.07) is 18.0. The molecule has 114 valence electrons. The Hall–Kier alpha value is -1.80. The third kappa shape index (κ3) is 2.64. The highest BCUT2D eigenvalue weighted by Crippen LogP contribution is 2.33. The van der Waals surface area contributed by atoms with Crippen molar-refractivity contribution in [3.63, 3.8) is 0 Å². The number of para-hydroxylation sites is 1. The number of fused-ring (bicyclic) bond motifs is 2. The van der Waals surface area contributed by atoms with Gasteiger partial charge in [0.2, 0.25) is 0 Å². The zero-order valence-corrected chi connectivity index (χ0v) is 13.0. The lowest BCUT2D eigenvalue weighted by Crippen LogP contribution is -2.46. The number of anilines is 1. The quantitative estimate of drug-likeness (QED) is 0.856. The van der Waals surface area contributed by atoms with Crippen LogP contribution in [0.5, 0.6) is 0 Å². The zero-order valence-electron chi connectivity index (χ0n) is 13.0. The molecule has 2 N–H and O–H groups in total. The van der Waals surface area contributed by atoms with Gasteiger partial charge in [0.15, 0.2) is 0 Å². The van der Waals surface area contributed by atoms with Gasteiger partial charge in [-0.1, -0.05) is 42.5 Å². The van der Waals surface area contributed by atoms with Crippen molar-refractivity contribution in [3.05, 3.63) is 65.2 Å². The molecule has 5 rings (SSSR count). The number of hydrogen-bond acceptors (Lipinski definition) is 2. The van der Waals surface area contributed by atoms with E-state index in [0.717, 1.165) is 18.2 Å². The molecular formula is C20H24N2. The summed E-state index contributed by atoms with van der Waals surface area (Å²) in [5, 5.41) is 0. The maximum atomic E-state index is 6.16. The Morgan fingerprint density at radius 3 is 2.45 bits per heavy atom. The molecule has 2 heterocycles. The van der Waals surface area contributed by atoms with E-state index in [4.69, 9.17) is 5.73 Å². The molecule has 3 aliphatic rings. The largest absolute Gasteiger partial charge is 0.398 e. The van der Waals surface area contributed by atoms with Crippen molar-refractivity contribution < 1.29 is 0 Å². The summed E-state index contributed by atoms with van der Waals surface area (Å²) < 4.78 is 0. The molecule has 2 aromatic carbocycles. The van der Waals surface area contributed by atoms with Crippen LogP contribution in [0.3, 0.4) is 0 Å². The predicted octanol–water partition coefficient (Wildman–Crippen LogP) is 3.65. The Bertz CT molecular complexity index is 664. The topological polar surface area (TPSA) is 29.3 Å². The van der Waals surface area contributed by atoms with Crippen molar-refractivity contribution in [2.75, 3.05) is 12.3 Å². The van der Waals surface area contributed by atoms with Gasteiger partial charge in [0.05, 0.1) is 0 Å². The fourth-order valence-electron chi connectivity index (χ4n) is 4.19. The monoisotopic (exact) mass is 292 g/mol. The fraction of sp³-hybridized carbons (Fsp3) is 0.400. The second-order valence-electron chi connectivity index (χ2n) is 6.90. The Labute approximate surface area is 132 Å². The minimum absolute atomic E-state index is 0.664. The highest BCUT2D eigenvalue weighted by atomic mass is 15.2. The van der Waals surface area contributed by atoms with E-state index in [2.05, 4.69) is 41.3 Å². The van der Waals surface area contributed by atoms with Crippen molar-refractivity contribution in [2.45, 2.75) is 38.3 Å². The van der Waals surface area contributed by atoms with Gasteiger partial charge >= 0.3 is 0 Å². The summed E-state index contributed by atoms with van der Waals surface area (Å²) in [7, 11) is 0. The van der Waals surface area contributed by atoms with Gasteiger partial charge in [-0.25, -0.2) is 0 Å². The Balaban J connectivity index is 1.60. The molecule has 2 bridgehead atoms. The Morgan fingerprint density at radius 1 is 0.909 bits per heavy atom. The lowest BCUT2D eigenvalue weighted by atomic mass is 9.80. The molecule has 0 unspecified atom stereocenters. The Kier molecular flexibility index (Phi) is 3.63. The van der Waals surface area contributed by atoms with Crippen LogP contribution in [0, 0.1) is 5.92 Å². The lowest BCUT2D eigenvalue weighted by molar-refractivity contribution is 0.0940. The molecular weight excluding hydrogens is 268 g/mol. The van der Waals surface area contributed by atoms with E-state index in [1.165, 1.54) is 37.8 Å². The van der Waals surface area contributed by atoms with Gasteiger partial charge < -0.3 is 5.73 Å². The minimum Gasteiger partial charge on any atom is -0.398 e. The van der Waals surface area contributed by atoms with Gasteiger partial charge in [0.25, 0.3) is 0 Å². The number of nitrogen functional groups attached to an aromatic ring is 1. The average Bonchev–Trinajstić information content (AvgIpc) is 2.50. The summed E-state index contributed by atoms with van der Waals surface area (Å²) in [5.41, 5.74) is 11.5. The van der Waals surface area contributed by atoms with Gasteiger partial charge in [-0.3, -0.25) is 4.90 Å². The minimum atomic E-state index is 0.664. The molecule has 22 heavy (non-hydrogen) atoms. The fourth-order valence-corrected chi connectivity index (χ4v) is 4.19. The molecule has 2 atom stereocenters. The van der Waals surface area contributed by atoms with Gasteiger partial charge in [-0.05, 0) is 54.4 Å². The third-order valence-corrected chi connectivity index (χ3v) is 5.43. The molecule has 0 saturated carbocycles. The van der Waals surface area contributed by atoms with Crippen molar-refractivity contribution in [2.24, 2.45) is 5.92 Å². The Morgan fingerprint density at radius 2 is 1.64 bits per heavy atom. The van der Waals surface area contributed by atoms with Crippen LogP contribution in [-0.2, 0) is 19.4 Å². The first-order valence-electron chi connectivity index (χ1n) is 8.44. The number of benzene rings is 2. The van der Waals surface area contributed by atoms with Crippen LogP contribution in [0.2, 0.25) is 0 Å². The molecule has 0 aromatic heterocycles. The van der Waals surface area contributed by atoms with Gasteiger partial charge in [-0.15, -0.1) is 0 Å². The standard InChI is InChI=1S/C20H24N2/c21-20-8-4-3-7-18(20)14-22-13-15-9-10-19(22)12-17-6-2-1-5-16(17)11-15/h1-8,15,19H,9-14,21H2/t15-,19+/m1/s1. The third-order valence-electron chi connectivity index (χ3n) is 5.43. The average molecular weight is 292 g/mol. The predicted molar refractivity (Wildman–Crippen MR) is 91.6 cm³/mol. The smallest absolute Gasteiger partial charge is 0.0359 e. The molecule has 2 nitrogen and oxygen atoms in total. The number of piperidine rings is 1. The first-order valence-corrected chi connectivity index (χ1v) is 8.44. The van der Waals surface area contributed by atoms with Crippen molar-refractivity contribution in [1.82, 2.24) is 4.90 Å². The molecule has 2 aromatic rings. The number of rotatable bonds is 2. The molecule has 2 aliphatic heterocycles. The van der Waals surface area contributed by atoms with E-state index in [1.807, 2.05) is 12.1 Å². The summed E-state index contributed by atoms with van der Waals surface area (Å²) in [5.74, 6) is 0.794. The summed E-state index contributed by atoms with van der Waals surface area (Å²) in [6.07, 6.45) is 5.13. The van der Waals surface area contributed by atoms with Crippen molar-refractivity contribution >= 4 is 5.69 Å². The maximum absolute atomic E-state index is 6.16. The molecule has 0 radical (unpaired) electrons. The molecule has 1 fully saturated rings. The zero-order chi connectivity index (χ0) is 14.9. The van der Waals surface area contributed by atoms with Crippen LogP contribution in [0.4, 0.5) is 5.69 Å². The van der Waals surface area contributed by atoms with Gasteiger partial charge in [0.1, 0.15) is 0 Å². The SMILES string of the molecule is Nc1ccccc1CN1C[C@@H]2CC[C@H]1Cc1ccccc1C2. The summed E-state index contributed by atoms with van der Waals surface area (Å²) >= 11 is 0. The van der Waals surface area contributed by atoms with Crippen molar-refractivity contribution in [3.8, 4) is 0 Å². The number of hydrogen-bond donors (Lipinski definition) is 1. The summed E-state index contributed by atoms with van der Waals surface area (Å²) in [4.78, 5) is 2.68. The summed E-state index contributed by atoms with van der Waals surface area (Å²) in [6.45, 7) is 2.21. The highest BCUT2D eigenvalue weighted by molar-refractivity contribution is 5.46. The van der Waals surface area contributed by atoms with E-state index in [-0.39, 0.29) is 0 Å².